The number of pyridine rings is 1. The Morgan fingerprint density at radius 1 is 1.21 bits per heavy atom. The van der Waals surface area contributed by atoms with Gasteiger partial charge in [-0.1, -0.05) is 19.9 Å². The van der Waals surface area contributed by atoms with Gasteiger partial charge in [-0.05, 0) is 24.3 Å². The molecule has 3 aromatic heterocycles. The topological polar surface area (TPSA) is 75.7 Å². The van der Waals surface area contributed by atoms with Gasteiger partial charge in [0, 0.05) is 45.4 Å². The fourth-order valence-electron chi connectivity index (χ4n) is 2.81. The average Bonchev–Trinajstić information content (AvgIpc) is 3.33. The average molecular weight is 412 g/mol. The molecule has 144 valence electrons. The van der Waals surface area contributed by atoms with E-state index in [-0.39, 0.29) is 0 Å². The molecule has 0 aliphatic rings. The van der Waals surface area contributed by atoms with Gasteiger partial charge in [-0.25, -0.2) is 4.98 Å². The summed E-state index contributed by atoms with van der Waals surface area (Å²) in [4.78, 5) is 9.79. The number of nitrogens with one attached hydrogen (secondary N) is 2. The van der Waals surface area contributed by atoms with Crippen LogP contribution in [0.15, 0.2) is 53.0 Å². The highest BCUT2D eigenvalue weighted by Gasteiger charge is 2.14. The van der Waals surface area contributed by atoms with Gasteiger partial charge in [0.05, 0.1) is 6.61 Å². The number of thioether (sulfide) groups is 1. The molecule has 0 amide bonds. The van der Waals surface area contributed by atoms with Crippen molar-refractivity contribution in [3.8, 4) is 5.75 Å². The fraction of sp³-hybridized carbons (Fsp3) is 0.250. The smallest absolute Gasteiger partial charge is 0.188 e. The predicted molar refractivity (Wildman–Crippen MR) is 116 cm³/mol. The Hall–Kier alpha value is -2.58. The molecule has 0 fully saturated rings. The Kier molecular flexibility index (Phi) is 5.78. The van der Waals surface area contributed by atoms with Crippen molar-refractivity contribution in [2.24, 2.45) is 0 Å². The zero-order chi connectivity index (χ0) is 19.3. The molecule has 1 aromatic carbocycles. The summed E-state index contributed by atoms with van der Waals surface area (Å²) in [6, 6.07) is 10.1. The van der Waals surface area contributed by atoms with E-state index in [0.29, 0.717) is 11.9 Å². The molecule has 0 radical (unpaired) electrons. The Bertz CT molecular complexity index is 1030. The standard InChI is InChI=1S/C20H21N5OS2/c1-13(2)28-15-11-16-18(24-25-19(16)23-20-22-8-10-27-20)17(12-15)26-9-6-14-5-3-4-7-21-14/h3-5,7-8,10-13H,6,9H2,1-2H3,(H2,22,23,24,25). The summed E-state index contributed by atoms with van der Waals surface area (Å²) in [5.41, 5.74) is 1.90. The lowest BCUT2D eigenvalue weighted by atomic mass is 10.2. The number of thiazole rings is 1. The SMILES string of the molecule is CC(C)Sc1cc(OCCc2ccccn2)c2[nH]nc(Nc3nccs3)c2c1. The molecule has 0 bridgehead atoms. The van der Waals surface area contributed by atoms with Crippen molar-refractivity contribution in [1.82, 2.24) is 20.2 Å². The van der Waals surface area contributed by atoms with Crippen LogP contribution in [0.3, 0.4) is 0 Å². The molecule has 28 heavy (non-hydrogen) atoms. The second-order valence-corrected chi connectivity index (χ2v) is 9.01. The first-order valence-electron chi connectivity index (χ1n) is 9.07. The monoisotopic (exact) mass is 411 g/mol. The summed E-state index contributed by atoms with van der Waals surface area (Å²) >= 11 is 3.34. The van der Waals surface area contributed by atoms with Gasteiger partial charge in [-0.15, -0.1) is 23.1 Å². The fourth-order valence-corrected chi connectivity index (χ4v) is 4.24. The second kappa shape index (κ2) is 8.62. The number of aromatic nitrogens is 4. The van der Waals surface area contributed by atoms with Gasteiger partial charge in [-0.3, -0.25) is 10.1 Å². The van der Waals surface area contributed by atoms with Gasteiger partial charge in [-0.2, -0.15) is 5.10 Å². The molecule has 4 aromatic rings. The minimum Gasteiger partial charge on any atom is -0.491 e. The molecule has 2 N–H and O–H groups in total. The van der Waals surface area contributed by atoms with Crippen LogP contribution in [-0.2, 0) is 6.42 Å². The van der Waals surface area contributed by atoms with Gasteiger partial charge in [0.15, 0.2) is 10.9 Å². The number of nitrogens with zero attached hydrogens (tertiary/aromatic N) is 3. The molecule has 0 atom stereocenters. The van der Waals surface area contributed by atoms with Crippen molar-refractivity contribution in [2.45, 2.75) is 30.4 Å². The highest BCUT2D eigenvalue weighted by molar-refractivity contribution is 7.99. The van der Waals surface area contributed by atoms with Gasteiger partial charge in [0.2, 0.25) is 0 Å². The maximum atomic E-state index is 6.13. The Labute approximate surface area is 171 Å². The predicted octanol–water partition coefficient (Wildman–Crippen LogP) is 5.28. The first-order chi connectivity index (χ1) is 13.7. The Morgan fingerprint density at radius 2 is 2.14 bits per heavy atom. The van der Waals surface area contributed by atoms with Gasteiger partial charge in [0.25, 0.3) is 0 Å². The van der Waals surface area contributed by atoms with E-state index in [9.17, 15) is 0 Å². The molecule has 0 saturated carbocycles. The zero-order valence-electron chi connectivity index (χ0n) is 15.7. The van der Waals surface area contributed by atoms with Gasteiger partial charge in [0.1, 0.15) is 11.3 Å². The van der Waals surface area contributed by atoms with Gasteiger partial charge >= 0.3 is 0 Å². The summed E-state index contributed by atoms with van der Waals surface area (Å²) in [5.74, 6) is 1.56. The zero-order valence-corrected chi connectivity index (χ0v) is 17.3. The number of hydrogen-bond acceptors (Lipinski definition) is 7. The van der Waals surface area contributed by atoms with Crippen LogP contribution in [0.5, 0.6) is 5.75 Å². The van der Waals surface area contributed by atoms with E-state index in [1.807, 2.05) is 23.6 Å². The van der Waals surface area contributed by atoms with Crippen molar-refractivity contribution in [2.75, 3.05) is 11.9 Å². The molecule has 0 spiro atoms. The van der Waals surface area contributed by atoms with Crippen LogP contribution in [0.2, 0.25) is 0 Å². The largest absolute Gasteiger partial charge is 0.491 e. The summed E-state index contributed by atoms with van der Waals surface area (Å²) in [6.07, 6.45) is 4.33. The number of rotatable bonds is 8. The molecule has 8 heteroatoms. The van der Waals surface area contributed by atoms with Crippen LogP contribution in [0.25, 0.3) is 10.9 Å². The normalized spacial score (nSPS) is 11.2. The summed E-state index contributed by atoms with van der Waals surface area (Å²) < 4.78 is 6.13. The van der Waals surface area contributed by atoms with Crippen molar-refractivity contribution in [3.63, 3.8) is 0 Å². The molecular weight excluding hydrogens is 390 g/mol. The van der Waals surface area contributed by atoms with E-state index >= 15 is 0 Å². The number of H-pyrrole nitrogens is 1. The van der Waals surface area contributed by atoms with E-state index in [1.165, 1.54) is 0 Å². The van der Waals surface area contributed by atoms with Crippen molar-refractivity contribution >= 4 is 45.0 Å². The van der Waals surface area contributed by atoms with Crippen LogP contribution < -0.4 is 10.1 Å². The summed E-state index contributed by atoms with van der Waals surface area (Å²) in [5, 5.41) is 15.1. The molecule has 0 aliphatic carbocycles. The van der Waals surface area contributed by atoms with Crippen molar-refractivity contribution in [1.29, 1.82) is 0 Å². The number of fused-ring (bicyclic) bond motifs is 1. The Balaban J connectivity index is 1.60. The minimum absolute atomic E-state index is 0.473. The molecule has 3 heterocycles. The number of hydrogen-bond donors (Lipinski definition) is 2. The summed E-state index contributed by atoms with van der Waals surface area (Å²) in [6.45, 7) is 4.91. The van der Waals surface area contributed by atoms with Crippen LogP contribution in [0.1, 0.15) is 19.5 Å². The highest BCUT2D eigenvalue weighted by atomic mass is 32.2. The maximum absolute atomic E-state index is 6.13. The first-order valence-corrected chi connectivity index (χ1v) is 10.8. The molecule has 4 rings (SSSR count). The third-order valence-corrected chi connectivity index (χ3v) is 5.65. The molecule has 0 unspecified atom stereocenters. The first kappa shape index (κ1) is 18.8. The number of ether oxygens (including phenoxy) is 1. The van der Waals surface area contributed by atoms with Crippen LogP contribution in [0, 0.1) is 0 Å². The van der Waals surface area contributed by atoms with Gasteiger partial charge < -0.3 is 10.1 Å². The highest BCUT2D eigenvalue weighted by Crippen LogP contribution is 2.36. The quantitative estimate of drug-likeness (QED) is 0.384. The van der Waals surface area contributed by atoms with E-state index in [0.717, 1.165) is 44.6 Å². The van der Waals surface area contributed by atoms with E-state index < -0.39 is 0 Å². The lowest BCUT2D eigenvalue weighted by molar-refractivity contribution is 0.323. The third-order valence-electron chi connectivity index (χ3n) is 3.98. The third kappa shape index (κ3) is 4.45. The lowest BCUT2D eigenvalue weighted by Gasteiger charge is -2.11. The number of aromatic amines is 1. The number of benzene rings is 1. The van der Waals surface area contributed by atoms with E-state index in [4.69, 9.17) is 4.74 Å². The second-order valence-electron chi connectivity index (χ2n) is 6.46. The Morgan fingerprint density at radius 3 is 2.89 bits per heavy atom. The van der Waals surface area contributed by atoms with Crippen LogP contribution >= 0.6 is 23.1 Å². The minimum atomic E-state index is 0.473. The van der Waals surface area contributed by atoms with E-state index in [2.05, 4.69) is 51.5 Å². The molecule has 0 saturated heterocycles. The lowest BCUT2D eigenvalue weighted by Crippen LogP contribution is -2.03. The van der Waals surface area contributed by atoms with Crippen molar-refractivity contribution in [3.05, 3.63) is 53.8 Å². The van der Waals surface area contributed by atoms with Crippen LogP contribution in [-0.4, -0.2) is 32.0 Å². The van der Waals surface area contributed by atoms with Crippen molar-refractivity contribution < 1.29 is 4.74 Å². The number of anilines is 2. The van der Waals surface area contributed by atoms with E-state index in [1.54, 1.807) is 35.5 Å². The maximum Gasteiger partial charge on any atom is 0.188 e. The molecule has 0 aliphatic heterocycles. The summed E-state index contributed by atoms with van der Waals surface area (Å²) in [7, 11) is 0. The van der Waals surface area contributed by atoms with Crippen LogP contribution in [0.4, 0.5) is 10.9 Å². The molecular formula is C20H21N5OS2. The molecule has 6 nitrogen and oxygen atoms in total.